The SMILES string of the molecule is CC1(C(=O)O)CCSCC1F. The van der Waals surface area contributed by atoms with Gasteiger partial charge in [0.15, 0.2) is 0 Å². The number of halogens is 1. The highest BCUT2D eigenvalue weighted by atomic mass is 32.2. The minimum Gasteiger partial charge on any atom is -0.481 e. The van der Waals surface area contributed by atoms with E-state index in [1.807, 2.05) is 0 Å². The quantitative estimate of drug-likeness (QED) is 0.662. The van der Waals surface area contributed by atoms with Crippen LogP contribution in [-0.2, 0) is 4.79 Å². The lowest BCUT2D eigenvalue weighted by molar-refractivity contribution is -0.151. The van der Waals surface area contributed by atoms with Crippen LogP contribution in [0.5, 0.6) is 0 Å². The van der Waals surface area contributed by atoms with Crippen LogP contribution in [0.15, 0.2) is 0 Å². The molecule has 11 heavy (non-hydrogen) atoms. The summed E-state index contributed by atoms with van der Waals surface area (Å²) in [5, 5.41) is 8.72. The van der Waals surface area contributed by atoms with E-state index < -0.39 is 17.6 Å². The second-order valence-electron chi connectivity index (χ2n) is 3.02. The van der Waals surface area contributed by atoms with E-state index in [1.54, 1.807) is 0 Å². The highest BCUT2D eigenvalue weighted by molar-refractivity contribution is 7.99. The molecule has 0 spiro atoms. The number of hydrogen-bond acceptors (Lipinski definition) is 2. The Morgan fingerprint density at radius 1 is 1.82 bits per heavy atom. The number of alkyl halides is 1. The van der Waals surface area contributed by atoms with E-state index in [0.717, 1.165) is 5.75 Å². The van der Waals surface area contributed by atoms with E-state index in [-0.39, 0.29) is 0 Å². The van der Waals surface area contributed by atoms with Crippen molar-refractivity contribution in [1.82, 2.24) is 0 Å². The Bertz CT molecular complexity index is 174. The van der Waals surface area contributed by atoms with Gasteiger partial charge in [-0.25, -0.2) is 4.39 Å². The van der Waals surface area contributed by atoms with Crippen molar-refractivity contribution in [3.05, 3.63) is 0 Å². The summed E-state index contributed by atoms with van der Waals surface area (Å²) in [4.78, 5) is 10.6. The van der Waals surface area contributed by atoms with E-state index in [1.165, 1.54) is 18.7 Å². The van der Waals surface area contributed by atoms with Crippen molar-refractivity contribution < 1.29 is 14.3 Å². The molecule has 0 bridgehead atoms. The van der Waals surface area contributed by atoms with Crippen LogP contribution in [0.2, 0.25) is 0 Å². The first-order chi connectivity index (χ1) is 5.07. The molecule has 1 aliphatic heterocycles. The first-order valence-electron chi connectivity index (χ1n) is 3.52. The molecule has 1 saturated heterocycles. The van der Waals surface area contributed by atoms with E-state index in [2.05, 4.69) is 0 Å². The Hall–Kier alpha value is -0.250. The van der Waals surface area contributed by atoms with Gasteiger partial charge in [0.2, 0.25) is 0 Å². The van der Waals surface area contributed by atoms with Gasteiger partial charge in [-0.15, -0.1) is 0 Å². The molecule has 0 aliphatic carbocycles. The fourth-order valence-electron chi connectivity index (χ4n) is 1.05. The Morgan fingerprint density at radius 2 is 2.45 bits per heavy atom. The summed E-state index contributed by atoms with van der Waals surface area (Å²) in [5.74, 6) is 0.0664. The fourth-order valence-corrected chi connectivity index (χ4v) is 2.36. The van der Waals surface area contributed by atoms with Crippen LogP contribution >= 0.6 is 11.8 Å². The number of carboxylic acids is 1. The van der Waals surface area contributed by atoms with Gasteiger partial charge in [0.05, 0.1) is 5.41 Å². The molecule has 0 radical (unpaired) electrons. The third-order valence-electron chi connectivity index (χ3n) is 2.21. The van der Waals surface area contributed by atoms with E-state index in [0.29, 0.717) is 12.2 Å². The van der Waals surface area contributed by atoms with Gasteiger partial charge in [-0.2, -0.15) is 11.8 Å². The molecule has 0 aromatic rings. The van der Waals surface area contributed by atoms with Crippen molar-refractivity contribution >= 4 is 17.7 Å². The monoisotopic (exact) mass is 178 g/mol. The maximum Gasteiger partial charge on any atom is 0.312 e. The molecule has 1 fully saturated rings. The van der Waals surface area contributed by atoms with Crippen molar-refractivity contribution in [2.45, 2.75) is 19.5 Å². The number of hydrogen-bond donors (Lipinski definition) is 1. The van der Waals surface area contributed by atoms with Gasteiger partial charge < -0.3 is 5.11 Å². The number of thioether (sulfide) groups is 1. The Balaban J connectivity index is 2.72. The molecule has 2 nitrogen and oxygen atoms in total. The zero-order valence-electron chi connectivity index (χ0n) is 6.34. The minimum absolute atomic E-state index is 0.322. The van der Waals surface area contributed by atoms with Gasteiger partial charge in [-0.1, -0.05) is 0 Å². The molecule has 2 atom stereocenters. The summed E-state index contributed by atoms with van der Waals surface area (Å²) in [6.07, 6.45) is -0.757. The molecule has 1 aliphatic rings. The minimum atomic E-state index is -1.20. The zero-order valence-corrected chi connectivity index (χ0v) is 7.16. The summed E-state index contributed by atoms with van der Waals surface area (Å²) in [7, 11) is 0. The van der Waals surface area contributed by atoms with Crippen LogP contribution in [-0.4, -0.2) is 28.8 Å². The predicted molar refractivity (Wildman–Crippen MR) is 42.6 cm³/mol. The topological polar surface area (TPSA) is 37.3 Å². The van der Waals surface area contributed by atoms with Crippen LogP contribution in [0.3, 0.4) is 0 Å². The fraction of sp³-hybridized carbons (Fsp3) is 0.857. The zero-order chi connectivity index (χ0) is 8.48. The van der Waals surface area contributed by atoms with Gasteiger partial charge in [0.1, 0.15) is 6.17 Å². The summed E-state index contributed by atoms with van der Waals surface area (Å²) in [6.45, 7) is 1.49. The number of rotatable bonds is 1. The normalized spacial score (nSPS) is 38.5. The van der Waals surface area contributed by atoms with Crippen LogP contribution in [0.1, 0.15) is 13.3 Å². The Kier molecular flexibility index (Phi) is 2.42. The largest absolute Gasteiger partial charge is 0.481 e. The molecule has 0 amide bonds. The van der Waals surface area contributed by atoms with Crippen molar-refractivity contribution in [2.75, 3.05) is 11.5 Å². The van der Waals surface area contributed by atoms with Crippen molar-refractivity contribution in [2.24, 2.45) is 5.41 Å². The number of carboxylic acid groups (broad SMARTS) is 1. The van der Waals surface area contributed by atoms with Gasteiger partial charge in [0, 0.05) is 5.75 Å². The molecule has 0 aromatic carbocycles. The van der Waals surface area contributed by atoms with Crippen molar-refractivity contribution in [1.29, 1.82) is 0 Å². The molecule has 1 rings (SSSR count). The summed E-state index contributed by atoms with van der Waals surface area (Å²) < 4.78 is 13.1. The molecule has 4 heteroatoms. The van der Waals surface area contributed by atoms with Gasteiger partial charge in [0.25, 0.3) is 0 Å². The molecular formula is C7H11FO2S. The smallest absolute Gasteiger partial charge is 0.312 e. The average molecular weight is 178 g/mol. The Labute approximate surface area is 69.2 Å². The van der Waals surface area contributed by atoms with Gasteiger partial charge in [-0.05, 0) is 19.1 Å². The molecule has 1 N–H and O–H groups in total. The van der Waals surface area contributed by atoms with E-state index in [4.69, 9.17) is 5.11 Å². The number of carbonyl (C=O) groups is 1. The summed E-state index contributed by atoms with van der Waals surface area (Å²) in [5.41, 5.74) is -1.13. The van der Waals surface area contributed by atoms with E-state index in [9.17, 15) is 9.18 Å². The lowest BCUT2D eigenvalue weighted by Crippen LogP contribution is -2.41. The van der Waals surface area contributed by atoms with Crippen LogP contribution in [0.4, 0.5) is 4.39 Å². The maximum absolute atomic E-state index is 13.1. The first-order valence-corrected chi connectivity index (χ1v) is 4.68. The third kappa shape index (κ3) is 1.50. The molecule has 64 valence electrons. The summed E-state index contributed by atoms with van der Waals surface area (Å²) in [6, 6.07) is 0. The van der Waals surface area contributed by atoms with Crippen LogP contribution < -0.4 is 0 Å². The number of aliphatic carboxylic acids is 1. The maximum atomic E-state index is 13.1. The van der Waals surface area contributed by atoms with Crippen molar-refractivity contribution in [3.63, 3.8) is 0 Å². The van der Waals surface area contributed by atoms with E-state index >= 15 is 0 Å². The summed E-state index contributed by atoms with van der Waals surface area (Å²) >= 11 is 1.48. The lowest BCUT2D eigenvalue weighted by atomic mass is 9.83. The molecular weight excluding hydrogens is 167 g/mol. The first kappa shape index (κ1) is 8.84. The standard InChI is InChI=1S/C7H11FO2S/c1-7(6(9)10)2-3-11-4-5(7)8/h5H,2-4H2,1H3,(H,9,10). The average Bonchev–Trinajstić information content (AvgIpc) is 1.95. The second kappa shape index (κ2) is 3.01. The van der Waals surface area contributed by atoms with Gasteiger partial charge >= 0.3 is 5.97 Å². The second-order valence-corrected chi connectivity index (χ2v) is 4.16. The third-order valence-corrected chi connectivity index (χ3v) is 3.23. The molecule has 0 aromatic heterocycles. The molecule has 2 unspecified atom stereocenters. The van der Waals surface area contributed by atoms with Crippen LogP contribution in [0.25, 0.3) is 0 Å². The van der Waals surface area contributed by atoms with Gasteiger partial charge in [-0.3, -0.25) is 4.79 Å². The molecule has 1 heterocycles. The molecule has 0 saturated carbocycles. The highest BCUT2D eigenvalue weighted by Gasteiger charge is 2.43. The Morgan fingerprint density at radius 3 is 2.82 bits per heavy atom. The lowest BCUT2D eigenvalue weighted by Gasteiger charge is -2.32. The van der Waals surface area contributed by atoms with Crippen molar-refractivity contribution in [3.8, 4) is 0 Å². The predicted octanol–water partition coefficient (Wildman–Crippen LogP) is 1.55. The van der Waals surface area contributed by atoms with Crippen LogP contribution in [0, 0.1) is 5.41 Å². The highest BCUT2D eigenvalue weighted by Crippen LogP contribution is 2.36.